The molecule has 0 saturated carbocycles. The highest BCUT2D eigenvalue weighted by Gasteiger charge is 2.23. The molecule has 0 radical (unpaired) electrons. The molecule has 0 bridgehead atoms. The smallest absolute Gasteiger partial charge is 0.240 e. The highest BCUT2D eigenvalue weighted by atomic mass is 32.1. The van der Waals surface area contributed by atoms with Crippen molar-refractivity contribution in [2.24, 2.45) is 0 Å². The SMILES string of the molecule is CC(C)N1CCC(NC(=O)Cn2c(-c3cccs3)cc3cccnc32)CC1. The van der Waals surface area contributed by atoms with E-state index < -0.39 is 0 Å². The number of piperidine rings is 1. The van der Waals surface area contributed by atoms with Crippen LogP contribution in [0.5, 0.6) is 0 Å². The maximum absolute atomic E-state index is 12.8. The van der Waals surface area contributed by atoms with Crippen molar-refractivity contribution in [1.82, 2.24) is 19.8 Å². The van der Waals surface area contributed by atoms with Gasteiger partial charge in [-0.05, 0) is 56.3 Å². The number of amides is 1. The number of pyridine rings is 1. The third kappa shape index (κ3) is 3.92. The van der Waals surface area contributed by atoms with Crippen molar-refractivity contribution in [3.8, 4) is 10.6 Å². The fourth-order valence-corrected chi connectivity index (χ4v) is 4.60. The second-order valence-electron chi connectivity index (χ2n) is 7.48. The van der Waals surface area contributed by atoms with Gasteiger partial charge in [-0.15, -0.1) is 11.3 Å². The van der Waals surface area contributed by atoms with Crippen molar-refractivity contribution < 1.29 is 4.79 Å². The summed E-state index contributed by atoms with van der Waals surface area (Å²) in [6.07, 6.45) is 3.83. The monoisotopic (exact) mass is 382 g/mol. The van der Waals surface area contributed by atoms with Crippen LogP contribution in [0.2, 0.25) is 0 Å². The highest BCUT2D eigenvalue weighted by molar-refractivity contribution is 7.13. The highest BCUT2D eigenvalue weighted by Crippen LogP contribution is 2.30. The van der Waals surface area contributed by atoms with Crippen molar-refractivity contribution >= 4 is 28.3 Å². The molecule has 1 amide bonds. The van der Waals surface area contributed by atoms with Crippen LogP contribution in [-0.4, -0.2) is 45.5 Å². The zero-order chi connectivity index (χ0) is 18.8. The summed E-state index contributed by atoms with van der Waals surface area (Å²) in [5, 5.41) is 6.37. The second kappa shape index (κ2) is 7.82. The Morgan fingerprint density at radius 2 is 2.11 bits per heavy atom. The van der Waals surface area contributed by atoms with Gasteiger partial charge in [0.1, 0.15) is 12.2 Å². The minimum Gasteiger partial charge on any atom is -0.352 e. The summed E-state index contributed by atoms with van der Waals surface area (Å²) in [4.78, 5) is 20.9. The second-order valence-corrected chi connectivity index (χ2v) is 8.43. The van der Waals surface area contributed by atoms with Gasteiger partial charge in [0, 0.05) is 36.8 Å². The molecular formula is C21H26N4OS. The summed E-state index contributed by atoms with van der Waals surface area (Å²) in [7, 11) is 0. The molecule has 4 rings (SSSR count). The maximum atomic E-state index is 12.8. The molecule has 1 aliphatic heterocycles. The van der Waals surface area contributed by atoms with Crippen LogP contribution in [-0.2, 0) is 11.3 Å². The van der Waals surface area contributed by atoms with Crippen molar-refractivity contribution in [1.29, 1.82) is 0 Å². The van der Waals surface area contributed by atoms with E-state index in [4.69, 9.17) is 0 Å². The summed E-state index contributed by atoms with van der Waals surface area (Å²) in [5.74, 6) is 0.0685. The summed E-state index contributed by atoms with van der Waals surface area (Å²) in [5.41, 5.74) is 1.93. The topological polar surface area (TPSA) is 50.2 Å². The summed E-state index contributed by atoms with van der Waals surface area (Å²) < 4.78 is 2.04. The Labute approximate surface area is 164 Å². The third-order valence-electron chi connectivity index (χ3n) is 5.36. The number of hydrogen-bond acceptors (Lipinski definition) is 4. The molecule has 4 heterocycles. The van der Waals surface area contributed by atoms with Crippen LogP contribution in [0.25, 0.3) is 21.6 Å². The number of aromatic nitrogens is 2. The molecule has 0 spiro atoms. The van der Waals surface area contributed by atoms with Crippen LogP contribution in [0.4, 0.5) is 0 Å². The maximum Gasteiger partial charge on any atom is 0.240 e. The van der Waals surface area contributed by atoms with E-state index in [0.29, 0.717) is 12.6 Å². The first-order chi connectivity index (χ1) is 13.1. The Balaban J connectivity index is 1.50. The van der Waals surface area contributed by atoms with Crippen LogP contribution in [0.1, 0.15) is 26.7 Å². The molecule has 0 atom stereocenters. The predicted octanol–water partition coefficient (Wildman–Crippen LogP) is 3.75. The molecule has 0 unspecified atom stereocenters. The van der Waals surface area contributed by atoms with E-state index in [9.17, 15) is 4.79 Å². The van der Waals surface area contributed by atoms with E-state index in [1.165, 1.54) is 0 Å². The lowest BCUT2D eigenvalue weighted by molar-refractivity contribution is -0.122. The molecule has 3 aromatic heterocycles. The van der Waals surface area contributed by atoms with Crippen molar-refractivity contribution in [3.63, 3.8) is 0 Å². The van der Waals surface area contributed by atoms with Gasteiger partial charge in [0.05, 0.1) is 10.6 Å². The number of carbonyl (C=O) groups is 1. The molecule has 0 aromatic carbocycles. The van der Waals surface area contributed by atoms with E-state index in [0.717, 1.165) is 47.5 Å². The third-order valence-corrected chi connectivity index (χ3v) is 6.25. The first-order valence-corrected chi connectivity index (χ1v) is 10.5. The van der Waals surface area contributed by atoms with Crippen LogP contribution in [0.15, 0.2) is 41.9 Å². The number of fused-ring (bicyclic) bond motifs is 1. The Kier molecular flexibility index (Phi) is 5.27. The number of nitrogens with one attached hydrogen (secondary N) is 1. The quantitative estimate of drug-likeness (QED) is 0.731. The number of carbonyl (C=O) groups excluding carboxylic acids is 1. The van der Waals surface area contributed by atoms with Gasteiger partial charge in [-0.25, -0.2) is 4.98 Å². The van der Waals surface area contributed by atoms with Crippen molar-refractivity contribution in [3.05, 3.63) is 41.9 Å². The molecule has 0 aliphatic carbocycles. The summed E-state index contributed by atoms with van der Waals surface area (Å²) in [6.45, 7) is 6.87. The van der Waals surface area contributed by atoms with E-state index in [1.807, 2.05) is 16.7 Å². The fraction of sp³-hybridized carbons (Fsp3) is 0.429. The predicted molar refractivity (Wildman–Crippen MR) is 111 cm³/mol. The zero-order valence-electron chi connectivity index (χ0n) is 15.9. The first kappa shape index (κ1) is 18.2. The number of nitrogens with zero attached hydrogens (tertiary/aromatic N) is 3. The van der Waals surface area contributed by atoms with Gasteiger partial charge in [0.2, 0.25) is 5.91 Å². The van der Waals surface area contributed by atoms with Gasteiger partial charge >= 0.3 is 0 Å². The van der Waals surface area contributed by atoms with E-state index in [1.54, 1.807) is 17.5 Å². The van der Waals surface area contributed by atoms with E-state index in [2.05, 4.69) is 52.6 Å². The van der Waals surface area contributed by atoms with Crippen LogP contribution in [0, 0.1) is 0 Å². The number of thiophene rings is 1. The number of hydrogen-bond donors (Lipinski definition) is 1. The Hall–Kier alpha value is -2.18. The standard InChI is InChI=1S/C21H26N4OS/c1-15(2)24-10-7-17(8-11-24)23-20(26)14-25-18(19-6-4-12-27-19)13-16-5-3-9-22-21(16)25/h3-6,9,12-13,15,17H,7-8,10-11,14H2,1-2H3,(H,23,26). The Morgan fingerprint density at radius 3 is 2.81 bits per heavy atom. The molecule has 1 fully saturated rings. The minimum atomic E-state index is 0.0685. The summed E-state index contributed by atoms with van der Waals surface area (Å²) >= 11 is 1.69. The van der Waals surface area contributed by atoms with E-state index in [-0.39, 0.29) is 11.9 Å². The number of rotatable bonds is 5. The lowest BCUT2D eigenvalue weighted by atomic mass is 10.0. The largest absolute Gasteiger partial charge is 0.352 e. The van der Waals surface area contributed by atoms with Crippen LogP contribution >= 0.6 is 11.3 Å². The Bertz CT molecular complexity index is 908. The molecule has 3 aromatic rings. The lowest BCUT2D eigenvalue weighted by Gasteiger charge is -2.34. The molecule has 5 nitrogen and oxygen atoms in total. The normalized spacial score (nSPS) is 16.3. The summed E-state index contributed by atoms with van der Waals surface area (Å²) in [6, 6.07) is 11.1. The van der Waals surface area contributed by atoms with Gasteiger partial charge < -0.3 is 14.8 Å². The van der Waals surface area contributed by atoms with Gasteiger partial charge in [-0.2, -0.15) is 0 Å². The van der Waals surface area contributed by atoms with Gasteiger partial charge in [-0.1, -0.05) is 6.07 Å². The first-order valence-electron chi connectivity index (χ1n) is 9.63. The van der Waals surface area contributed by atoms with Crippen LogP contribution < -0.4 is 5.32 Å². The molecule has 1 aliphatic rings. The minimum absolute atomic E-state index is 0.0685. The van der Waals surface area contributed by atoms with E-state index >= 15 is 0 Å². The molecule has 1 N–H and O–H groups in total. The number of likely N-dealkylation sites (tertiary alicyclic amines) is 1. The van der Waals surface area contributed by atoms with Crippen molar-refractivity contribution in [2.75, 3.05) is 13.1 Å². The molecule has 142 valence electrons. The van der Waals surface area contributed by atoms with Crippen molar-refractivity contribution in [2.45, 2.75) is 45.3 Å². The average molecular weight is 383 g/mol. The average Bonchev–Trinajstić information content (AvgIpc) is 3.30. The Morgan fingerprint density at radius 1 is 1.30 bits per heavy atom. The van der Waals surface area contributed by atoms with Crippen LogP contribution in [0.3, 0.4) is 0 Å². The van der Waals surface area contributed by atoms with Gasteiger partial charge in [0.15, 0.2) is 0 Å². The lowest BCUT2D eigenvalue weighted by Crippen LogP contribution is -2.47. The van der Waals surface area contributed by atoms with Gasteiger partial charge in [-0.3, -0.25) is 4.79 Å². The molecular weight excluding hydrogens is 356 g/mol. The fourth-order valence-electron chi connectivity index (χ4n) is 3.85. The zero-order valence-corrected chi connectivity index (χ0v) is 16.7. The molecule has 27 heavy (non-hydrogen) atoms. The van der Waals surface area contributed by atoms with Gasteiger partial charge in [0.25, 0.3) is 0 Å². The molecule has 1 saturated heterocycles. The molecule has 6 heteroatoms.